The van der Waals surface area contributed by atoms with Gasteiger partial charge in [0.05, 0.1) is 5.60 Å². The van der Waals surface area contributed by atoms with E-state index in [4.69, 9.17) is 0 Å². The Morgan fingerprint density at radius 3 is 2.50 bits per heavy atom. The molecule has 1 amide bonds. The van der Waals surface area contributed by atoms with Crippen LogP contribution in [0.5, 0.6) is 0 Å². The molecule has 1 heterocycles. The fourth-order valence-electron chi connectivity index (χ4n) is 2.45. The predicted molar refractivity (Wildman–Crippen MR) is 71.2 cm³/mol. The molecule has 1 aliphatic heterocycles. The maximum Gasteiger partial charge on any atom is 0.222 e. The number of hydrogen-bond donors (Lipinski definition) is 2. The summed E-state index contributed by atoms with van der Waals surface area (Å²) in [4.78, 5) is 13.8. The van der Waals surface area contributed by atoms with Crippen LogP contribution >= 0.6 is 0 Å². The first-order valence-corrected chi connectivity index (χ1v) is 7.22. The topological polar surface area (TPSA) is 52.6 Å². The molecule has 0 spiro atoms. The van der Waals surface area contributed by atoms with Gasteiger partial charge in [0.2, 0.25) is 5.91 Å². The monoisotopic (exact) mass is 254 g/mol. The third-order valence-electron chi connectivity index (χ3n) is 3.93. The molecule has 0 atom stereocenters. The highest BCUT2D eigenvalue weighted by molar-refractivity contribution is 5.76. The van der Waals surface area contributed by atoms with Gasteiger partial charge in [0.15, 0.2) is 0 Å². The summed E-state index contributed by atoms with van der Waals surface area (Å²) in [5.41, 5.74) is -0.600. The lowest BCUT2D eigenvalue weighted by Gasteiger charge is -2.38. The van der Waals surface area contributed by atoms with Gasteiger partial charge < -0.3 is 15.3 Å². The second-order valence-electron chi connectivity index (χ2n) is 6.36. The van der Waals surface area contributed by atoms with Crippen molar-refractivity contribution in [3.8, 4) is 0 Å². The van der Waals surface area contributed by atoms with Gasteiger partial charge in [-0.1, -0.05) is 13.8 Å². The Bertz CT molecular complexity index is 292. The van der Waals surface area contributed by atoms with Crippen LogP contribution in [0.3, 0.4) is 0 Å². The molecule has 0 aromatic carbocycles. The Kier molecular flexibility index (Phi) is 4.28. The summed E-state index contributed by atoms with van der Waals surface area (Å²) in [5, 5.41) is 13.8. The molecule has 0 unspecified atom stereocenters. The van der Waals surface area contributed by atoms with Crippen molar-refractivity contribution in [2.45, 2.75) is 57.6 Å². The summed E-state index contributed by atoms with van der Waals surface area (Å²) >= 11 is 0. The summed E-state index contributed by atoms with van der Waals surface area (Å²) in [6.45, 7) is 6.22. The molecule has 2 N–H and O–H groups in total. The Morgan fingerprint density at radius 2 is 2.00 bits per heavy atom. The molecule has 0 bridgehead atoms. The average Bonchev–Trinajstić information content (AvgIpc) is 3.10. The summed E-state index contributed by atoms with van der Waals surface area (Å²) in [6.07, 6.45) is 4.52. The Balaban J connectivity index is 1.73. The molecule has 1 saturated carbocycles. The van der Waals surface area contributed by atoms with Gasteiger partial charge in [-0.15, -0.1) is 0 Å². The first kappa shape index (κ1) is 13.8. The number of hydrogen-bond acceptors (Lipinski definition) is 3. The number of amides is 1. The largest absolute Gasteiger partial charge is 0.388 e. The second kappa shape index (κ2) is 5.57. The van der Waals surface area contributed by atoms with Crippen LogP contribution in [0.1, 0.15) is 46.0 Å². The van der Waals surface area contributed by atoms with Gasteiger partial charge in [-0.25, -0.2) is 0 Å². The molecule has 4 heteroatoms. The van der Waals surface area contributed by atoms with Gasteiger partial charge in [-0.2, -0.15) is 0 Å². The smallest absolute Gasteiger partial charge is 0.222 e. The van der Waals surface area contributed by atoms with E-state index in [1.807, 2.05) is 4.90 Å². The van der Waals surface area contributed by atoms with E-state index in [-0.39, 0.29) is 5.91 Å². The number of rotatable bonds is 5. The molecule has 0 radical (unpaired) electrons. The molecular weight excluding hydrogens is 228 g/mol. The number of nitrogens with one attached hydrogen (secondary N) is 1. The standard InChI is InChI=1S/C14H26N2O2/c1-11(2)9-13(17)16-7-5-14(18,6-8-16)10-15-12-3-4-12/h11-12,15,18H,3-10H2,1-2H3. The SMILES string of the molecule is CC(C)CC(=O)N1CCC(O)(CNC2CC2)CC1. The molecule has 0 aromatic rings. The molecule has 2 fully saturated rings. The van der Waals surface area contributed by atoms with Crippen molar-refractivity contribution in [2.24, 2.45) is 5.92 Å². The number of nitrogens with zero attached hydrogens (tertiary/aromatic N) is 1. The fourth-order valence-corrected chi connectivity index (χ4v) is 2.45. The summed E-state index contributed by atoms with van der Waals surface area (Å²) in [5.74, 6) is 0.650. The van der Waals surface area contributed by atoms with Crippen LogP contribution in [0.2, 0.25) is 0 Å². The van der Waals surface area contributed by atoms with Crippen LogP contribution in [0.25, 0.3) is 0 Å². The predicted octanol–water partition coefficient (Wildman–Crippen LogP) is 1.14. The summed E-state index contributed by atoms with van der Waals surface area (Å²) in [7, 11) is 0. The lowest BCUT2D eigenvalue weighted by atomic mass is 9.91. The lowest BCUT2D eigenvalue weighted by Crippen LogP contribution is -2.51. The van der Waals surface area contributed by atoms with Crippen LogP contribution < -0.4 is 5.32 Å². The first-order valence-electron chi connectivity index (χ1n) is 7.22. The minimum atomic E-state index is -0.600. The van der Waals surface area contributed by atoms with Gasteiger partial charge in [-0.05, 0) is 31.6 Å². The van der Waals surface area contributed by atoms with Crippen molar-refractivity contribution in [1.82, 2.24) is 10.2 Å². The minimum absolute atomic E-state index is 0.238. The van der Waals surface area contributed by atoms with Gasteiger partial charge in [-0.3, -0.25) is 4.79 Å². The van der Waals surface area contributed by atoms with E-state index in [0.29, 0.717) is 50.9 Å². The van der Waals surface area contributed by atoms with E-state index < -0.39 is 5.60 Å². The average molecular weight is 254 g/mol. The zero-order valence-electron chi connectivity index (χ0n) is 11.6. The highest BCUT2D eigenvalue weighted by Gasteiger charge is 2.35. The van der Waals surface area contributed by atoms with E-state index in [2.05, 4.69) is 19.2 Å². The molecule has 2 aliphatic rings. The maximum absolute atomic E-state index is 11.9. The highest BCUT2D eigenvalue weighted by Crippen LogP contribution is 2.25. The van der Waals surface area contributed by atoms with Gasteiger partial charge in [0, 0.05) is 32.1 Å². The van der Waals surface area contributed by atoms with E-state index in [1.54, 1.807) is 0 Å². The van der Waals surface area contributed by atoms with Crippen LogP contribution in [0, 0.1) is 5.92 Å². The summed E-state index contributed by atoms with van der Waals surface area (Å²) < 4.78 is 0. The van der Waals surface area contributed by atoms with Crippen molar-refractivity contribution in [1.29, 1.82) is 0 Å². The van der Waals surface area contributed by atoms with E-state index in [0.717, 1.165) is 0 Å². The number of piperidine rings is 1. The van der Waals surface area contributed by atoms with Crippen molar-refractivity contribution in [3.05, 3.63) is 0 Å². The minimum Gasteiger partial charge on any atom is -0.388 e. The molecule has 4 nitrogen and oxygen atoms in total. The van der Waals surface area contributed by atoms with Crippen LogP contribution in [0.4, 0.5) is 0 Å². The highest BCUT2D eigenvalue weighted by atomic mass is 16.3. The molecule has 104 valence electrons. The molecule has 18 heavy (non-hydrogen) atoms. The number of carbonyl (C=O) groups is 1. The Labute approximate surface area is 110 Å². The third kappa shape index (κ3) is 3.95. The summed E-state index contributed by atoms with van der Waals surface area (Å²) in [6, 6.07) is 0.634. The van der Waals surface area contributed by atoms with Crippen molar-refractivity contribution < 1.29 is 9.90 Å². The molecule has 0 aromatic heterocycles. The molecule has 1 aliphatic carbocycles. The number of likely N-dealkylation sites (tertiary alicyclic amines) is 1. The van der Waals surface area contributed by atoms with Gasteiger partial charge in [0.1, 0.15) is 0 Å². The van der Waals surface area contributed by atoms with E-state index >= 15 is 0 Å². The van der Waals surface area contributed by atoms with Crippen molar-refractivity contribution >= 4 is 5.91 Å². The zero-order valence-corrected chi connectivity index (χ0v) is 11.6. The van der Waals surface area contributed by atoms with Crippen LogP contribution in [-0.4, -0.2) is 47.2 Å². The normalized spacial score (nSPS) is 23.4. The van der Waals surface area contributed by atoms with Gasteiger partial charge in [0.25, 0.3) is 0 Å². The number of carbonyl (C=O) groups excluding carboxylic acids is 1. The van der Waals surface area contributed by atoms with E-state index in [1.165, 1.54) is 12.8 Å². The second-order valence-corrected chi connectivity index (χ2v) is 6.36. The van der Waals surface area contributed by atoms with Crippen molar-refractivity contribution in [2.75, 3.05) is 19.6 Å². The van der Waals surface area contributed by atoms with Crippen LogP contribution in [-0.2, 0) is 4.79 Å². The number of aliphatic hydroxyl groups is 1. The maximum atomic E-state index is 11.9. The fraction of sp³-hybridized carbons (Fsp3) is 0.929. The molecule has 2 rings (SSSR count). The zero-order chi connectivity index (χ0) is 13.2. The third-order valence-corrected chi connectivity index (χ3v) is 3.93. The van der Waals surface area contributed by atoms with Gasteiger partial charge >= 0.3 is 0 Å². The molecule has 1 saturated heterocycles. The van der Waals surface area contributed by atoms with Crippen molar-refractivity contribution in [3.63, 3.8) is 0 Å². The van der Waals surface area contributed by atoms with Crippen LogP contribution in [0.15, 0.2) is 0 Å². The van der Waals surface area contributed by atoms with E-state index in [9.17, 15) is 9.90 Å². The molecular formula is C14H26N2O2. The Hall–Kier alpha value is -0.610. The first-order chi connectivity index (χ1) is 8.48. The lowest BCUT2D eigenvalue weighted by molar-refractivity contribution is -0.136. The quantitative estimate of drug-likeness (QED) is 0.773. The Morgan fingerprint density at radius 1 is 1.39 bits per heavy atom.